The van der Waals surface area contributed by atoms with E-state index in [1.807, 2.05) is 25.1 Å². The molecule has 0 aromatic heterocycles. The number of benzene rings is 1. The van der Waals surface area contributed by atoms with Gasteiger partial charge in [0, 0.05) is 19.3 Å². The van der Waals surface area contributed by atoms with E-state index >= 15 is 0 Å². The van der Waals surface area contributed by atoms with Crippen LogP contribution in [0.1, 0.15) is 31.7 Å². The maximum absolute atomic E-state index is 12.9. The van der Waals surface area contributed by atoms with Gasteiger partial charge >= 0.3 is 6.03 Å². The molecule has 1 saturated carbocycles. The number of aliphatic imine (C=N–C) groups is 1. The van der Waals surface area contributed by atoms with Crippen molar-refractivity contribution in [2.45, 2.75) is 38.6 Å². The number of nitrogens with one attached hydrogen (secondary N) is 1. The number of carbonyl (C=O) groups excluding carboxylic acids is 2. The minimum absolute atomic E-state index is 0.0189. The molecular weight excluding hydrogens is 340 g/mol. The Balaban J connectivity index is 1.57. The van der Waals surface area contributed by atoms with Crippen LogP contribution in [0.2, 0.25) is 0 Å². The molecule has 1 aliphatic carbocycles. The normalized spacial score (nSPS) is 21.7. The van der Waals surface area contributed by atoms with Crippen LogP contribution in [0.25, 0.3) is 0 Å². The summed E-state index contributed by atoms with van der Waals surface area (Å²) >= 11 is 0. The van der Waals surface area contributed by atoms with E-state index in [1.54, 1.807) is 16.0 Å². The van der Waals surface area contributed by atoms with Gasteiger partial charge in [0.1, 0.15) is 5.84 Å². The molecule has 4 rings (SSSR count). The van der Waals surface area contributed by atoms with Crippen LogP contribution in [0.3, 0.4) is 0 Å². The summed E-state index contributed by atoms with van der Waals surface area (Å²) in [5.41, 5.74) is 1.70. The molecule has 0 spiro atoms. The number of amides is 3. The zero-order valence-corrected chi connectivity index (χ0v) is 15.7. The van der Waals surface area contributed by atoms with Crippen LogP contribution in [0.4, 0.5) is 4.79 Å². The molecular formula is C21H26N4O2. The quantitative estimate of drug-likeness (QED) is 0.806. The van der Waals surface area contributed by atoms with Crippen molar-refractivity contribution in [3.63, 3.8) is 0 Å². The fourth-order valence-corrected chi connectivity index (χ4v) is 3.59. The van der Waals surface area contributed by atoms with Crippen molar-refractivity contribution in [2.75, 3.05) is 19.6 Å². The predicted molar refractivity (Wildman–Crippen MR) is 104 cm³/mol. The van der Waals surface area contributed by atoms with Crippen molar-refractivity contribution in [2.24, 2.45) is 10.9 Å². The highest BCUT2D eigenvalue weighted by Crippen LogP contribution is 2.32. The number of fused-ring (bicyclic) bond motifs is 1. The predicted octanol–water partition coefficient (Wildman–Crippen LogP) is 2.57. The summed E-state index contributed by atoms with van der Waals surface area (Å²) in [7, 11) is 0. The van der Waals surface area contributed by atoms with Crippen LogP contribution in [-0.2, 0) is 11.2 Å². The Kier molecular flexibility index (Phi) is 4.97. The van der Waals surface area contributed by atoms with Gasteiger partial charge in [-0.25, -0.2) is 4.79 Å². The van der Waals surface area contributed by atoms with E-state index in [2.05, 4.69) is 17.4 Å². The lowest BCUT2D eigenvalue weighted by molar-refractivity contribution is -0.117. The summed E-state index contributed by atoms with van der Waals surface area (Å²) in [5, 5.41) is 2.93. The Bertz CT molecular complexity index is 783. The molecule has 2 heterocycles. The number of nitrogens with zero attached hydrogens (tertiary/aromatic N) is 3. The van der Waals surface area contributed by atoms with Gasteiger partial charge in [-0.3, -0.25) is 19.6 Å². The van der Waals surface area contributed by atoms with Crippen LogP contribution in [-0.4, -0.2) is 53.2 Å². The summed E-state index contributed by atoms with van der Waals surface area (Å²) in [6.07, 6.45) is 5.67. The first-order chi connectivity index (χ1) is 13.2. The highest BCUT2D eigenvalue weighted by molar-refractivity contribution is 6.25. The average Bonchev–Trinajstić information content (AvgIpc) is 3.40. The third kappa shape index (κ3) is 3.89. The van der Waals surface area contributed by atoms with Gasteiger partial charge in [0.15, 0.2) is 0 Å². The van der Waals surface area contributed by atoms with Crippen molar-refractivity contribution < 1.29 is 9.59 Å². The minimum atomic E-state index is -0.144. The van der Waals surface area contributed by atoms with Crippen molar-refractivity contribution in [1.29, 1.82) is 0 Å². The van der Waals surface area contributed by atoms with Crippen molar-refractivity contribution in [3.05, 3.63) is 47.7 Å². The van der Waals surface area contributed by atoms with Gasteiger partial charge < -0.3 is 5.32 Å². The van der Waals surface area contributed by atoms with E-state index in [4.69, 9.17) is 4.99 Å². The molecule has 6 nitrogen and oxygen atoms in total. The van der Waals surface area contributed by atoms with E-state index < -0.39 is 0 Å². The van der Waals surface area contributed by atoms with E-state index in [0.29, 0.717) is 37.0 Å². The number of rotatable bonds is 7. The van der Waals surface area contributed by atoms with Gasteiger partial charge in [-0.1, -0.05) is 37.3 Å². The SMILES string of the molecule is CCCNC(=O)C1=CN(CC2CC2)C(=O)N2C[C@@H](Cc3ccccc3)N=C12. The summed E-state index contributed by atoms with van der Waals surface area (Å²) < 4.78 is 0. The second-order valence-corrected chi connectivity index (χ2v) is 7.58. The lowest BCUT2D eigenvalue weighted by Gasteiger charge is -2.32. The Hall–Kier alpha value is -2.63. The Labute approximate surface area is 159 Å². The fraction of sp³-hybridized carbons (Fsp3) is 0.476. The highest BCUT2D eigenvalue weighted by atomic mass is 16.2. The monoisotopic (exact) mass is 366 g/mol. The smallest absolute Gasteiger partial charge is 0.329 e. The second-order valence-electron chi connectivity index (χ2n) is 7.58. The molecule has 0 bridgehead atoms. The summed E-state index contributed by atoms with van der Waals surface area (Å²) in [6, 6.07) is 10.1. The molecule has 142 valence electrons. The number of urea groups is 1. The molecule has 6 heteroatoms. The number of hydrogen-bond donors (Lipinski definition) is 1. The van der Waals surface area contributed by atoms with E-state index in [-0.39, 0.29) is 18.0 Å². The van der Waals surface area contributed by atoms with E-state index in [1.165, 1.54) is 5.56 Å². The first-order valence-electron chi connectivity index (χ1n) is 9.86. The standard InChI is InChI=1S/C21H26N4O2/c1-2-10-22-20(26)18-14-24(12-16-8-9-16)21(27)25-13-17(23-19(18)25)11-15-6-4-3-5-7-15/h3-7,14,16-17H,2,8-13H2,1H3,(H,22,26)/t17-/m1/s1. The molecule has 1 fully saturated rings. The highest BCUT2D eigenvalue weighted by Gasteiger charge is 2.41. The van der Waals surface area contributed by atoms with Crippen LogP contribution < -0.4 is 5.32 Å². The molecule has 0 radical (unpaired) electrons. The minimum Gasteiger partial charge on any atom is -0.352 e. The number of carbonyl (C=O) groups is 2. The van der Waals surface area contributed by atoms with Crippen molar-refractivity contribution >= 4 is 17.8 Å². The van der Waals surface area contributed by atoms with Gasteiger partial charge in [-0.2, -0.15) is 0 Å². The Morgan fingerprint density at radius 2 is 2.04 bits per heavy atom. The van der Waals surface area contributed by atoms with Crippen molar-refractivity contribution in [3.8, 4) is 0 Å². The molecule has 1 aromatic carbocycles. The molecule has 0 saturated heterocycles. The van der Waals surface area contributed by atoms with Gasteiger partial charge in [0.25, 0.3) is 5.91 Å². The van der Waals surface area contributed by atoms with Crippen LogP contribution in [0.15, 0.2) is 47.1 Å². The van der Waals surface area contributed by atoms with Gasteiger partial charge in [0.05, 0.1) is 18.2 Å². The fourth-order valence-electron chi connectivity index (χ4n) is 3.59. The first-order valence-corrected chi connectivity index (χ1v) is 9.86. The molecule has 1 aromatic rings. The first kappa shape index (κ1) is 17.8. The summed E-state index contributed by atoms with van der Waals surface area (Å²) in [5.74, 6) is 0.946. The van der Waals surface area contributed by atoms with Gasteiger partial charge in [0.2, 0.25) is 0 Å². The third-order valence-electron chi connectivity index (χ3n) is 5.20. The molecule has 3 amide bonds. The summed E-state index contributed by atoms with van der Waals surface area (Å²) in [4.78, 5) is 33.8. The van der Waals surface area contributed by atoms with E-state index in [0.717, 1.165) is 25.7 Å². The molecule has 3 aliphatic rings. The maximum Gasteiger partial charge on any atom is 0.329 e. The molecule has 1 N–H and O–H groups in total. The molecule has 0 unspecified atom stereocenters. The van der Waals surface area contributed by atoms with Crippen LogP contribution >= 0.6 is 0 Å². The van der Waals surface area contributed by atoms with Crippen molar-refractivity contribution in [1.82, 2.24) is 15.1 Å². The zero-order chi connectivity index (χ0) is 18.8. The third-order valence-corrected chi connectivity index (χ3v) is 5.20. The zero-order valence-electron chi connectivity index (χ0n) is 15.7. The lowest BCUT2D eigenvalue weighted by atomic mass is 10.1. The second kappa shape index (κ2) is 7.55. The number of hydrogen-bond acceptors (Lipinski definition) is 3. The van der Waals surface area contributed by atoms with Crippen LogP contribution in [0, 0.1) is 5.92 Å². The maximum atomic E-state index is 12.9. The Morgan fingerprint density at radius 1 is 1.26 bits per heavy atom. The Morgan fingerprint density at radius 3 is 2.74 bits per heavy atom. The van der Waals surface area contributed by atoms with Gasteiger partial charge in [-0.05, 0) is 37.2 Å². The summed E-state index contributed by atoms with van der Waals surface area (Å²) in [6.45, 7) is 3.86. The topological polar surface area (TPSA) is 65.0 Å². The van der Waals surface area contributed by atoms with Gasteiger partial charge in [-0.15, -0.1) is 0 Å². The average molecular weight is 366 g/mol. The lowest BCUT2D eigenvalue weighted by Crippen LogP contribution is -2.50. The van der Waals surface area contributed by atoms with Crippen LogP contribution in [0.5, 0.6) is 0 Å². The number of amidine groups is 1. The molecule has 2 aliphatic heterocycles. The largest absolute Gasteiger partial charge is 0.352 e. The molecule has 27 heavy (non-hydrogen) atoms. The molecule has 1 atom stereocenters. The van der Waals surface area contributed by atoms with E-state index in [9.17, 15) is 9.59 Å².